The van der Waals surface area contributed by atoms with Crippen molar-refractivity contribution < 1.29 is 46.9 Å². The highest BCUT2D eigenvalue weighted by Gasteiger charge is 2.53. The zero-order chi connectivity index (χ0) is 32.5. The third kappa shape index (κ3) is 5.42. The van der Waals surface area contributed by atoms with Crippen LogP contribution in [0.1, 0.15) is 12.5 Å². The van der Waals surface area contributed by atoms with Gasteiger partial charge < -0.3 is 36.9 Å². The molecule has 0 radical (unpaired) electrons. The summed E-state index contributed by atoms with van der Waals surface area (Å²) in [7, 11) is 0.241. The molecule has 4 aromatic rings. The van der Waals surface area contributed by atoms with Crippen LogP contribution in [0.4, 0.5) is 17.6 Å². The Morgan fingerprint density at radius 3 is 2.26 bits per heavy atom. The van der Waals surface area contributed by atoms with E-state index in [0.29, 0.717) is 0 Å². The summed E-state index contributed by atoms with van der Waals surface area (Å²) in [6.07, 6.45) is -7.21. The van der Waals surface area contributed by atoms with Crippen molar-refractivity contribution in [3.63, 3.8) is 0 Å². The van der Waals surface area contributed by atoms with Gasteiger partial charge in [-0.15, -0.1) is 0 Å². The highest BCUT2D eigenvalue weighted by molar-refractivity contribution is 8.48. The molecule has 0 spiro atoms. The molecular weight excluding hydrogens is 692 g/mol. The lowest BCUT2D eigenvalue weighted by Crippen LogP contribution is -2.36. The number of fused-ring (bicyclic) bond motifs is 5. The van der Waals surface area contributed by atoms with Gasteiger partial charge in [0.1, 0.15) is 54.0 Å². The molecule has 3 fully saturated rings. The predicted molar refractivity (Wildman–Crippen MR) is 162 cm³/mol. The van der Waals surface area contributed by atoms with Crippen LogP contribution in [0.3, 0.4) is 0 Å². The van der Waals surface area contributed by atoms with Crippen molar-refractivity contribution in [3.8, 4) is 5.69 Å². The van der Waals surface area contributed by atoms with Crippen LogP contribution in [-0.4, -0.2) is 99.1 Å². The molecule has 46 heavy (non-hydrogen) atoms. The Morgan fingerprint density at radius 2 is 1.52 bits per heavy atom. The summed E-state index contributed by atoms with van der Waals surface area (Å²) in [5, 5.41) is 22.6. The van der Waals surface area contributed by atoms with E-state index >= 15 is 0 Å². The molecule has 21 nitrogen and oxygen atoms in total. The molecule has 0 amide bonds. The summed E-state index contributed by atoms with van der Waals surface area (Å²) in [5.41, 5.74) is 24.1. The van der Waals surface area contributed by atoms with Crippen LogP contribution in [0, 0.1) is 5.69 Å². The molecule has 3 saturated heterocycles. The Bertz CT molecular complexity index is 1980. The van der Waals surface area contributed by atoms with Gasteiger partial charge in [-0.2, -0.15) is 9.97 Å². The summed E-state index contributed by atoms with van der Waals surface area (Å²) >= 11 is 4.07. The molecular formula is C21H25N11O10P2S2. The highest BCUT2D eigenvalue weighted by atomic mass is 32.7. The van der Waals surface area contributed by atoms with Crippen LogP contribution in [0.15, 0.2) is 19.0 Å². The third-order valence-electron chi connectivity index (χ3n) is 7.46. The van der Waals surface area contributed by atoms with E-state index in [0.717, 1.165) is 0 Å². The maximum Gasteiger partial charge on any atom is 0.418 e. The fourth-order valence-corrected chi connectivity index (χ4v) is 8.69. The van der Waals surface area contributed by atoms with Gasteiger partial charge >= 0.3 is 13.6 Å². The SMILES string of the molecule is C#S[P@]1(=O)OC[C@H]2O[C@@H](n3cnc4c(N)nc(N)nc43)[C@H](O)[C@@H]2O[P@](=O)(S)OC[C@H]2O[C@@H](n3cnc4c(N)ncnc43)[C@H](O1)[C@@H]2O. The molecule has 3 aliphatic rings. The van der Waals surface area contributed by atoms with E-state index in [2.05, 4.69) is 42.2 Å². The third-order valence-corrected chi connectivity index (χ3v) is 11.6. The Balaban J connectivity index is 1.22. The normalized spacial score (nSPS) is 37.0. The summed E-state index contributed by atoms with van der Waals surface area (Å²) in [4.78, 5) is 24.4. The first-order chi connectivity index (χ1) is 21.9. The smallest absolute Gasteiger partial charge is 0.387 e. The van der Waals surface area contributed by atoms with E-state index < -0.39 is 75.9 Å². The summed E-state index contributed by atoms with van der Waals surface area (Å²) in [6.45, 7) is -9.81. The van der Waals surface area contributed by atoms with Gasteiger partial charge in [0.05, 0.1) is 25.9 Å². The van der Waals surface area contributed by atoms with Crippen molar-refractivity contribution in [1.82, 2.24) is 39.0 Å². The first-order valence-corrected chi connectivity index (χ1v) is 18.9. The lowest BCUT2D eigenvalue weighted by molar-refractivity contribution is -0.0575. The van der Waals surface area contributed by atoms with E-state index in [1.165, 1.54) is 28.1 Å². The number of anilines is 3. The number of aliphatic hydroxyl groups is 2. The molecule has 2 bridgehead atoms. The zero-order valence-corrected chi connectivity index (χ0v) is 26.6. The van der Waals surface area contributed by atoms with Crippen LogP contribution < -0.4 is 17.2 Å². The summed E-state index contributed by atoms with van der Waals surface area (Å²) in [6, 6.07) is 0. The van der Waals surface area contributed by atoms with E-state index in [9.17, 15) is 19.3 Å². The average molecular weight is 718 g/mol. The molecule has 246 valence electrons. The van der Waals surface area contributed by atoms with Gasteiger partial charge in [-0.3, -0.25) is 27.2 Å². The standard InChI is InChI=1S/C21H25N11O10P2S2/c1-46-44(36)38-3-8-13(12(34)19(40-8)32-6-28-10-16(23)29-21(24)30-18(10)32)41-43(35,45)37-2-7-11(33)14(42-44)20(39-7)31-5-27-9-15(22)25-4-26-17(9)31/h1,4-8,11-14,19-20,33-34H,2-3H2,(H,35,45)(H2,22,25,26)(H4,23,24,29,30)/t7-,8-,11-,12-,13-,14-,19-,20-,43-,44-/m1/s1. The Morgan fingerprint density at radius 1 is 0.848 bits per heavy atom. The molecule has 0 aromatic carbocycles. The number of thiol groups is 1. The van der Waals surface area contributed by atoms with Crippen LogP contribution in [0.5, 0.6) is 0 Å². The first kappa shape index (κ1) is 31.6. The van der Waals surface area contributed by atoms with Crippen molar-refractivity contribution in [2.24, 2.45) is 0 Å². The predicted octanol–water partition coefficient (Wildman–Crippen LogP) is 0.215. The first-order valence-electron chi connectivity index (χ1n) is 13.2. The number of hydrogen-bond acceptors (Lipinski definition) is 19. The van der Waals surface area contributed by atoms with E-state index in [1.807, 2.05) is 0 Å². The van der Waals surface area contributed by atoms with E-state index in [1.54, 1.807) is 0 Å². The van der Waals surface area contributed by atoms with Gasteiger partial charge in [0, 0.05) is 0 Å². The lowest BCUT2D eigenvalue weighted by atomic mass is 10.1. The van der Waals surface area contributed by atoms with Crippen molar-refractivity contribution in [2.45, 2.75) is 49.1 Å². The van der Waals surface area contributed by atoms with Gasteiger partial charge in [-0.05, 0) is 10.8 Å². The minimum atomic E-state index is -4.34. The van der Waals surface area contributed by atoms with Crippen molar-refractivity contribution >= 4 is 76.5 Å². The number of nitrogens with two attached hydrogens (primary N) is 3. The topological polar surface area (TPSA) is 295 Å². The minimum Gasteiger partial charge on any atom is -0.387 e. The van der Waals surface area contributed by atoms with E-state index in [-0.39, 0.29) is 50.7 Å². The Kier molecular flexibility index (Phi) is 7.96. The monoisotopic (exact) mass is 717 g/mol. The van der Waals surface area contributed by atoms with Crippen molar-refractivity contribution in [3.05, 3.63) is 19.0 Å². The van der Waals surface area contributed by atoms with Crippen LogP contribution in [0.25, 0.3) is 22.3 Å². The maximum absolute atomic E-state index is 13.9. The Hall–Kier alpha value is -3.01. The maximum atomic E-state index is 13.9. The molecule has 3 aliphatic heterocycles. The fraction of sp³-hybridized carbons (Fsp3) is 0.476. The molecule has 0 aliphatic carbocycles. The summed E-state index contributed by atoms with van der Waals surface area (Å²) in [5.74, 6) is -0.0973. The molecule has 0 saturated carbocycles. The molecule has 7 heterocycles. The van der Waals surface area contributed by atoms with Gasteiger partial charge in [0.15, 0.2) is 35.4 Å². The van der Waals surface area contributed by atoms with Crippen LogP contribution >= 0.6 is 36.6 Å². The van der Waals surface area contributed by atoms with Gasteiger partial charge in [0.25, 0.3) is 0 Å². The van der Waals surface area contributed by atoms with E-state index in [4.69, 9.17) is 50.5 Å². The number of nitrogen functional groups attached to an aromatic ring is 3. The van der Waals surface area contributed by atoms with Gasteiger partial charge in [0.2, 0.25) is 5.95 Å². The fourth-order valence-electron chi connectivity index (χ4n) is 5.36. The number of aliphatic hydroxyl groups excluding tert-OH is 2. The molecule has 4 aromatic heterocycles. The second kappa shape index (κ2) is 11.6. The lowest BCUT2D eigenvalue weighted by Gasteiger charge is -2.26. The largest absolute Gasteiger partial charge is 0.418 e. The summed E-state index contributed by atoms with van der Waals surface area (Å²) < 4.78 is 64.7. The molecule has 10 atom stereocenters. The zero-order valence-electron chi connectivity index (χ0n) is 23.1. The number of ether oxygens (including phenoxy) is 2. The van der Waals surface area contributed by atoms with Crippen LogP contribution in [-0.2, 0) is 36.7 Å². The van der Waals surface area contributed by atoms with Gasteiger partial charge in [-0.1, -0.05) is 17.9 Å². The highest BCUT2D eigenvalue weighted by Crippen LogP contribution is 2.61. The molecule has 8 N–H and O–H groups in total. The van der Waals surface area contributed by atoms with Gasteiger partial charge in [-0.25, -0.2) is 29.1 Å². The number of rotatable bonds is 2. The number of nitrogens with zero attached hydrogens (tertiary/aromatic N) is 8. The quantitative estimate of drug-likeness (QED) is 0.119. The molecule has 25 heteroatoms. The van der Waals surface area contributed by atoms with Crippen molar-refractivity contribution in [2.75, 3.05) is 30.4 Å². The second-order valence-electron chi connectivity index (χ2n) is 10.2. The van der Waals surface area contributed by atoms with Crippen LogP contribution in [0.2, 0.25) is 0 Å². The number of aromatic nitrogens is 8. The number of imidazole rings is 2. The second-order valence-corrected chi connectivity index (χ2v) is 16.7. The number of hydrogen-bond donors (Lipinski definition) is 6. The minimum absolute atomic E-state index is 0.0147. The molecule has 7 rings (SSSR count). The average Bonchev–Trinajstić information content (AvgIpc) is 3.77. The molecule has 0 unspecified atom stereocenters. The Labute approximate surface area is 266 Å². The van der Waals surface area contributed by atoms with Crippen molar-refractivity contribution in [1.29, 1.82) is 0 Å².